The van der Waals surface area contributed by atoms with Crippen LogP contribution in [0.2, 0.25) is 0 Å². The van der Waals surface area contributed by atoms with Crippen molar-refractivity contribution in [3.63, 3.8) is 0 Å². The summed E-state index contributed by atoms with van der Waals surface area (Å²) in [6.45, 7) is 25.9. The fraction of sp³-hybridized carbons (Fsp3) is 1.00. The third-order valence-corrected chi connectivity index (χ3v) is 3.04. The largest absolute Gasteiger partial charge is 0.293 e. The molecule has 0 atom stereocenters. The van der Waals surface area contributed by atoms with Crippen LogP contribution in [0.5, 0.6) is 0 Å². The predicted octanol–water partition coefficient (Wildman–Crippen LogP) is 5.74. The van der Waals surface area contributed by atoms with Crippen LogP contribution in [0.25, 0.3) is 0 Å². The Hall–Kier alpha value is -0.0400. The molecule has 0 unspecified atom stereocenters. The van der Waals surface area contributed by atoms with Gasteiger partial charge in [-0.25, -0.2) is 0 Å². The third-order valence-electron chi connectivity index (χ3n) is 3.04. The quantitative estimate of drug-likeness (QED) is 0.535. The Bertz CT molecular complexity index is 208. The highest BCUT2D eigenvalue weighted by atomic mass is 15.3. The molecular weight excluding hydrogens is 218 g/mol. The SMILES string of the molecule is CC.CC1(C)CN(C(C)(C)C)C(C)(C)C1.CCC. The molecule has 1 heterocycles. The summed E-state index contributed by atoms with van der Waals surface area (Å²) in [6.07, 6.45) is 2.55. The maximum Gasteiger partial charge on any atom is 0.0164 e. The summed E-state index contributed by atoms with van der Waals surface area (Å²) in [7, 11) is 0. The van der Waals surface area contributed by atoms with Gasteiger partial charge in [-0.1, -0.05) is 48.0 Å². The highest BCUT2D eigenvalue weighted by molar-refractivity contribution is 5.01. The smallest absolute Gasteiger partial charge is 0.0164 e. The van der Waals surface area contributed by atoms with Gasteiger partial charge in [-0.15, -0.1) is 0 Å². The van der Waals surface area contributed by atoms with E-state index in [1.165, 1.54) is 19.4 Å². The molecule has 0 spiro atoms. The average molecular weight is 258 g/mol. The van der Waals surface area contributed by atoms with Crippen LogP contribution in [-0.2, 0) is 0 Å². The maximum absolute atomic E-state index is 2.64. The number of hydrogen-bond acceptors (Lipinski definition) is 1. The Balaban J connectivity index is 0. The lowest BCUT2D eigenvalue weighted by atomic mass is 9.86. The van der Waals surface area contributed by atoms with Gasteiger partial charge in [0.1, 0.15) is 0 Å². The second-order valence-corrected chi connectivity index (χ2v) is 7.62. The zero-order valence-corrected chi connectivity index (χ0v) is 15.1. The van der Waals surface area contributed by atoms with Gasteiger partial charge in [-0.3, -0.25) is 4.90 Å². The molecule has 0 aromatic heterocycles. The van der Waals surface area contributed by atoms with Gasteiger partial charge in [0.2, 0.25) is 0 Å². The van der Waals surface area contributed by atoms with Crippen molar-refractivity contribution in [3.05, 3.63) is 0 Å². The Morgan fingerprint density at radius 2 is 1.28 bits per heavy atom. The van der Waals surface area contributed by atoms with Crippen molar-refractivity contribution in [2.45, 2.75) is 100 Å². The molecule has 0 saturated carbocycles. The maximum atomic E-state index is 2.64. The van der Waals surface area contributed by atoms with E-state index in [0.717, 1.165) is 0 Å². The minimum atomic E-state index is 0.303. The van der Waals surface area contributed by atoms with Crippen molar-refractivity contribution in [2.75, 3.05) is 6.54 Å². The van der Waals surface area contributed by atoms with Gasteiger partial charge >= 0.3 is 0 Å². The molecule has 0 aliphatic carbocycles. The first kappa shape index (κ1) is 20.3. The van der Waals surface area contributed by atoms with Crippen molar-refractivity contribution in [1.29, 1.82) is 0 Å². The Labute approximate surface area is 117 Å². The molecule has 1 aliphatic heterocycles. The highest BCUT2D eigenvalue weighted by Crippen LogP contribution is 2.44. The lowest BCUT2D eigenvalue weighted by Gasteiger charge is -2.42. The molecule has 1 heteroatoms. The van der Waals surface area contributed by atoms with Crippen molar-refractivity contribution < 1.29 is 0 Å². The molecule has 0 radical (unpaired) electrons. The van der Waals surface area contributed by atoms with Crippen LogP contribution in [-0.4, -0.2) is 22.5 Å². The van der Waals surface area contributed by atoms with Crippen molar-refractivity contribution in [1.82, 2.24) is 4.90 Å². The second kappa shape index (κ2) is 7.53. The molecule has 1 rings (SSSR count). The van der Waals surface area contributed by atoms with Crippen LogP contribution >= 0.6 is 0 Å². The summed E-state index contributed by atoms with van der Waals surface area (Å²) in [5.74, 6) is 0. The van der Waals surface area contributed by atoms with E-state index >= 15 is 0 Å². The zero-order chi connectivity index (χ0) is 15.2. The monoisotopic (exact) mass is 257 g/mol. The molecule has 0 bridgehead atoms. The van der Waals surface area contributed by atoms with E-state index in [1.54, 1.807) is 0 Å². The topological polar surface area (TPSA) is 3.24 Å². The summed E-state index contributed by atoms with van der Waals surface area (Å²) < 4.78 is 0. The van der Waals surface area contributed by atoms with E-state index in [1.807, 2.05) is 13.8 Å². The van der Waals surface area contributed by atoms with Crippen LogP contribution in [0, 0.1) is 5.41 Å². The van der Waals surface area contributed by atoms with E-state index in [9.17, 15) is 0 Å². The summed E-state index contributed by atoms with van der Waals surface area (Å²) in [4.78, 5) is 2.64. The van der Waals surface area contributed by atoms with Gasteiger partial charge in [0.05, 0.1) is 0 Å². The van der Waals surface area contributed by atoms with Crippen molar-refractivity contribution in [3.8, 4) is 0 Å². The Morgan fingerprint density at radius 1 is 0.944 bits per heavy atom. The zero-order valence-electron chi connectivity index (χ0n) is 15.1. The highest BCUT2D eigenvalue weighted by Gasteiger charge is 2.46. The number of nitrogens with zero attached hydrogens (tertiary/aromatic N) is 1. The fourth-order valence-corrected chi connectivity index (χ4v) is 3.11. The lowest BCUT2D eigenvalue weighted by Crippen LogP contribution is -2.50. The summed E-state index contributed by atoms with van der Waals surface area (Å²) >= 11 is 0. The molecule has 112 valence electrons. The van der Waals surface area contributed by atoms with Crippen molar-refractivity contribution >= 4 is 0 Å². The molecule has 1 nitrogen and oxygen atoms in total. The van der Waals surface area contributed by atoms with E-state index < -0.39 is 0 Å². The van der Waals surface area contributed by atoms with Gasteiger partial charge in [0, 0.05) is 17.6 Å². The van der Waals surface area contributed by atoms with E-state index in [2.05, 4.69) is 67.2 Å². The van der Waals surface area contributed by atoms with Crippen LogP contribution in [0.1, 0.15) is 89.0 Å². The first-order chi connectivity index (χ1) is 7.96. The predicted molar refractivity (Wildman–Crippen MR) is 86.2 cm³/mol. The molecule has 0 N–H and O–H groups in total. The Kier molecular flexibility index (Phi) is 8.48. The van der Waals surface area contributed by atoms with Gasteiger partial charge in [-0.05, 0) is 46.5 Å². The summed E-state index contributed by atoms with van der Waals surface area (Å²) in [5, 5.41) is 0. The van der Waals surface area contributed by atoms with Gasteiger partial charge in [-0.2, -0.15) is 0 Å². The summed E-state index contributed by atoms with van der Waals surface area (Å²) in [6, 6.07) is 0. The van der Waals surface area contributed by atoms with Gasteiger partial charge in [0.15, 0.2) is 0 Å². The van der Waals surface area contributed by atoms with Crippen LogP contribution in [0.4, 0.5) is 0 Å². The Morgan fingerprint density at radius 3 is 1.39 bits per heavy atom. The lowest BCUT2D eigenvalue weighted by molar-refractivity contribution is 0.0655. The van der Waals surface area contributed by atoms with Crippen LogP contribution < -0.4 is 0 Å². The fourth-order valence-electron chi connectivity index (χ4n) is 3.11. The number of rotatable bonds is 0. The molecule has 0 aromatic rings. The number of likely N-dealkylation sites (tertiary alicyclic amines) is 1. The van der Waals surface area contributed by atoms with E-state index in [0.29, 0.717) is 16.5 Å². The van der Waals surface area contributed by atoms with Gasteiger partial charge < -0.3 is 0 Å². The normalized spacial score (nSPS) is 21.5. The standard InChI is InChI=1S/C12H25N.C3H8.C2H6/c1-10(2,3)13-9-11(4,5)8-12(13,6)7;1-3-2;1-2/h8-9H2,1-7H3;3H2,1-2H3;1-2H3. The minimum absolute atomic E-state index is 0.303. The number of hydrogen-bond donors (Lipinski definition) is 0. The van der Waals surface area contributed by atoms with E-state index in [4.69, 9.17) is 0 Å². The average Bonchev–Trinajstić information content (AvgIpc) is 2.38. The van der Waals surface area contributed by atoms with Crippen molar-refractivity contribution in [2.24, 2.45) is 5.41 Å². The molecule has 1 fully saturated rings. The summed E-state index contributed by atoms with van der Waals surface area (Å²) in [5.41, 5.74) is 1.15. The minimum Gasteiger partial charge on any atom is -0.293 e. The van der Waals surface area contributed by atoms with Crippen LogP contribution in [0.15, 0.2) is 0 Å². The molecule has 18 heavy (non-hydrogen) atoms. The molecular formula is C17H39N. The molecule has 0 aromatic carbocycles. The van der Waals surface area contributed by atoms with E-state index in [-0.39, 0.29) is 0 Å². The molecule has 1 saturated heterocycles. The second-order valence-electron chi connectivity index (χ2n) is 7.62. The molecule has 0 amide bonds. The third kappa shape index (κ3) is 6.78. The first-order valence-electron chi connectivity index (χ1n) is 7.74. The van der Waals surface area contributed by atoms with Crippen LogP contribution in [0.3, 0.4) is 0 Å². The molecule has 1 aliphatic rings. The first-order valence-corrected chi connectivity index (χ1v) is 7.74. The van der Waals surface area contributed by atoms with Gasteiger partial charge in [0.25, 0.3) is 0 Å².